The fourth-order valence-electron chi connectivity index (χ4n) is 1.93. The molecule has 1 aromatic carbocycles. The molecule has 1 aromatic heterocycles. The van der Waals surface area contributed by atoms with Crippen LogP contribution in [0.25, 0.3) is 11.1 Å². The molecule has 0 atom stereocenters. The Morgan fingerprint density at radius 2 is 2.00 bits per heavy atom. The van der Waals surface area contributed by atoms with Gasteiger partial charge in [-0.2, -0.15) is 5.10 Å². The molecule has 2 aromatic rings. The Bertz CT molecular complexity index is 512. The molecule has 84 valence electrons. The van der Waals surface area contributed by atoms with Gasteiger partial charge >= 0.3 is 0 Å². The lowest BCUT2D eigenvalue weighted by atomic mass is 10.0. The van der Waals surface area contributed by atoms with Crippen molar-refractivity contribution in [2.45, 2.75) is 27.3 Å². The van der Waals surface area contributed by atoms with Crippen molar-refractivity contribution >= 4 is 5.69 Å². The highest BCUT2D eigenvalue weighted by Crippen LogP contribution is 2.27. The van der Waals surface area contributed by atoms with Crippen molar-refractivity contribution in [1.82, 2.24) is 9.78 Å². The van der Waals surface area contributed by atoms with Gasteiger partial charge in [-0.25, -0.2) is 0 Å². The van der Waals surface area contributed by atoms with E-state index in [1.165, 1.54) is 16.7 Å². The van der Waals surface area contributed by atoms with E-state index in [2.05, 4.69) is 31.2 Å². The zero-order valence-corrected chi connectivity index (χ0v) is 9.99. The fourth-order valence-corrected chi connectivity index (χ4v) is 1.93. The SMILES string of the molecule is CCn1cc(-c2ccc(N)cc2C)c(C)n1. The summed E-state index contributed by atoms with van der Waals surface area (Å²) in [6.07, 6.45) is 2.09. The Balaban J connectivity index is 2.53. The first-order chi connectivity index (χ1) is 7.61. The van der Waals surface area contributed by atoms with Gasteiger partial charge in [0.15, 0.2) is 0 Å². The molecule has 3 heteroatoms. The molecule has 2 rings (SSSR count). The molecule has 0 aliphatic rings. The Morgan fingerprint density at radius 3 is 2.56 bits per heavy atom. The van der Waals surface area contributed by atoms with Crippen LogP contribution < -0.4 is 5.73 Å². The summed E-state index contributed by atoms with van der Waals surface area (Å²) < 4.78 is 1.96. The molecule has 0 bridgehead atoms. The normalized spacial score (nSPS) is 10.7. The zero-order valence-electron chi connectivity index (χ0n) is 9.99. The molecule has 0 aliphatic carbocycles. The van der Waals surface area contributed by atoms with Crippen LogP contribution in [0.4, 0.5) is 5.69 Å². The highest BCUT2D eigenvalue weighted by atomic mass is 15.3. The molecule has 3 nitrogen and oxygen atoms in total. The number of aromatic nitrogens is 2. The van der Waals surface area contributed by atoms with Crippen molar-refractivity contribution in [3.8, 4) is 11.1 Å². The number of anilines is 1. The number of aryl methyl sites for hydroxylation is 3. The van der Waals surface area contributed by atoms with Crippen molar-refractivity contribution in [3.05, 3.63) is 35.7 Å². The predicted octanol–water partition coefficient (Wildman–Crippen LogP) is 2.77. The molecular formula is C13H17N3. The van der Waals surface area contributed by atoms with Crippen LogP contribution >= 0.6 is 0 Å². The van der Waals surface area contributed by atoms with Crippen LogP contribution in [-0.4, -0.2) is 9.78 Å². The Kier molecular flexibility index (Phi) is 2.69. The van der Waals surface area contributed by atoms with Crippen LogP contribution in [0.15, 0.2) is 24.4 Å². The van der Waals surface area contributed by atoms with Gasteiger partial charge in [-0.3, -0.25) is 4.68 Å². The minimum absolute atomic E-state index is 0.807. The quantitative estimate of drug-likeness (QED) is 0.783. The molecule has 1 heterocycles. The number of hydrogen-bond acceptors (Lipinski definition) is 2. The molecule has 16 heavy (non-hydrogen) atoms. The minimum atomic E-state index is 0.807. The topological polar surface area (TPSA) is 43.8 Å². The lowest BCUT2D eigenvalue weighted by molar-refractivity contribution is 0.653. The maximum absolute atomic E-state index is 5.75. The van der Waals surface area contributed by atoms with E-state index in [-0.39, 0.29) is 0 Å². The van der Waals surface area contributed by atoms with E-state index in [1.54, 1.807) is 0 Å². The summed E-state index contributed by atoms with van der Waals surface area (Å²) in [5.41, 5.74) is 11.2. The Hall–Kier alpha value is -1.77. The van der Waals surface area contributed by atoms with Crippen LogP contribution in [0.5, 0.6) is 0 Å². The van der Waals surface area contributed by atoms with E-state index in [9.17, 15) is 0 Å². The third-order valence-electron chi connectivity index (χ3n) is 2.81. The van der Waals surface area contributed by atoms with Gasteiger partial charge in [0.1, 0.15) is 0 Å². The van der Waals surface area contributed by atoms with Gasteiger partial charge < -0.3 is 5.73 Å². The van der Waals surface area contributed by atoms with Gasteiger partial charge in [-0.1, -0.05) is 6.07 Å². The standard InChI is InChI=1S/C13H17N3/c1-4-16-8-13(10(3)15-16)12-6-5-11(14)7-9(12)2/h5-8H,4,14H2,1-3H3. The molecule has 0 fully saturated rings. The Labute approximate surface area is 95.9 Å². The predicted molar refractivity (Wildman–Crippen MR) is 67.2 cm³/mol. The first-order valence-electron chi connectivity index (χ1n) is 5.52. The van der Waals surface area contributed by atoms with Crippen molar-refractivity contribution < 1.29 is 0 Å². The van der Waals surface area contributed by atoms with Crippen LogP contribution in [0.2, 0.25) is 0 Å². The van der Waals surface area contributed by atoms with Gasteiger partial charge in [0.2, 0.25) is 0 Å². The summed E-state index contributed by atoms with van der Waals surface area (Å²) in [6, 6.07) is 6.00. The number of nitrogens with zero attached hydrogens (tertiary/aromatic N) is 2. The van der Waals surface area contributed by atoms with Crippen LogP contribution in [0, 0.1) is 13.8 Å². The number of nitrogens with two attached hydrogens (primary N) is 1. The van der Waals surface area contributed by atoms with Gasteiger partial charge in [0.05, 0.1) is 5.69 Å². The molecule has 0 amide bonds. The number of benzene rings is 1. The molecule has 0 aliphatic heterocycles. The maximum Gasteiger partial charge on any atom is 0.0672 e. The second-order valence-electron chi connectivity index (χ2n) is 4.06. The van der Waals surface area contributed by atoms with E-state index in [1.807, 2.05) is 23.7 Å². The molecule has 0 saturated carbocycles. The lowest BCUT2D eigenvalue weighted by Gasteiger charge is -2.05. The third kappa shape index (κ3) is 1.81. The molecular weight excluding hydrogens is 198 g/mol. The number of hydrogen-bond donors (Lipinski definition) is 1. The second kappa shape index (κ2) is 4.00. The van der Waals surface area contributed by atoms with E-state index in [4.69, 9.17) is 5.73 Å². The minimum Gasteiger partial charge on any atom is -0.399 e. The van der Waals surface area contributed by atoms with Crippen LogP contribution in [0.1, 0.15) is 18.2 Å². The van der Waals surface area contributed by atoms with Crippen molar-refractivity contribution in [2.75, 3.05) is 5.73 Å². The van der Waals surface area contributed by atoms with Crippen LogP contribution in [-0.2, 0) is 6.54 Å². The lowest BCUT2D eigenvalue weighted by Crippen LogP contribution is -1.93. The summed E-state index contributed by atoms with van der Waals surface area (Å²) in [5.74, 6) is 0. The van der Waals surface area contributed by atoms with E-state index in [0.29, 0.717) is 0 Å². The summed E-state index contributed by atoms with van der Waals surface area (Å²) in [7, 11) is 0. The van der Waals surface area contributed by atoms with Crippen molar-refractivity contribution in [1.29, 1.82) is 0 Å². The van der Waals surface area contributed by atoms with Gasteiger partial charge in [-0.15, -0.1) is 0 Å². The monoisotopic (exact) mass is 215 g/mol. The fraction of sp³-hybridized carbons (Fsp3) is 0.308. The summed E-state index contributed by atoms with van der Waals surface area (Å²) in [6.45, 7) is 7.10. The summed E-state index contributed by atoms with van der Waals surface area (Å²) >= 11 is 0. The average molecular weight is 215 g/mol. The van der Waals surface area contributed by atoms with E-state index in [0.717, 1.165) is 17.9 Å². The van der Waals surface area contributed by atoms with Gasteiger partial charge in [-0.05, 0) is 44.0 Å². The first kappa shape index (κ1) is 10.7. The molecule has 0 saturated heterocycles. The number of rotatable bonds is 2. The van der Waals surface area contributed by atoms with E-state index < -0.39 is 0 Å². The molecule has 2 N–H and O–H groups in total. The molecule has 0 spiro atoms. The Morgan fingerprint density at radius 1 is 1.25 bits per heavy atom. The zero-order chi connectivity index (χ0) is 11.7. The molecule has 0 radical (unpaired) electrons. The summed E-state index contributed by atoms with van der Waals surface area (Å²) in [5, 5.41) is 4.45. The summed E-state index contributed by atoms with van der Waals surface area (Å²) in [4.78, 5) is 0. The molecule has 0 unspecified atom stereocenters. The highest BCUT2D eigenvalue weighted by molar-refractivity contribution is 5.70. The van der Waals surface area contributed by atoms with E-state index >= 15 is 0 Å². The average Bonchev–Trinajstić information content (AvgIpc) is 2.60. The second-order valence-corrected chi connectivity index (χ2v) is 4.06. The number of nitrogen functional groups attached to an aromatic ring is 1. The smallest absolute Gasteiger partial charge is 0.0672 e. The van der Waals surface area contributed by atoms with Crippen molar-refractivity contribution in [3.63, 3.8) is 0 Å². The third-order valence-corrected chi connectivity index (χ3v) is 2.81. The first-order valence-corrected chi connectivity index (χ1v) is 5.52. The highest BCUT2D eigenvalue weighted by Gasteiger charge is 2.09. The maximum atomic E-state index is 5.75. The van der Waals surface area contributed by atoms with Crippen molar-refractivity contribution in [2.24, 2.45) is 0 Å². The largest absolute Gasteiger partial charge is 0.399 e. The van der Waals surface area contributed by atoms with Crippen LogP contribution in [0.3, 0.4) is 0 Å². The van der Waals surface area contributed by atoms with Gasteiger partial charge in [0.25, 0.3) is 0 Å². The van der Waals surface area contributed by atoms with Gasteiger partial charge in [0, 0.05) is 24.0 Å².